The van der Waals surface area contributed by atoms with Crippen LogP contribution < -0.4 is 10.5 Å². The van der Waals surface area contributed by atoms with Crippen LogP contribution in [0.2, 0.25) is 0 Å². The first kappa shape index (κ1) is 11.5. The second-order valence-corrected chi connectivity index (χ2v) is 3.74. The van der Waals surface area contributed by atoms with Gasteiger partial charge in [-0.15, -0.1) is 0 Å². The third-order valence-electron chi connectivity index (χ3n) is 2.03. The van der Waals surface area contributed by atoms with Crippen molar-refractivity contribution < 1.29 is 9.13 Å². The van der Waals surface area contributed by atoms with E-state index < -0.39 is 0 Å². The highest BCUT2D eigenvalue weighted by molar-refractivity contribution is 7.80. The highest BCUT2D eigenvalue weighted by atomic mass is 32.1. The smallest absolute Gasteiger partial charge is 0.131 e. The third kappa shape index (κ3) is 2.98. The first-order valence-electron chi connectivity index (χ1n) is 4.84. The van der Waals surface area contributed by atoms with Gasteiger partial charge < -0.3 is 10.5 Å². The van der Waals surface area contributed by atoms with Gasteiger partial charge in [-0.25, -0.2) is 4.39 Å². The second kappa shape index (κ2) is 4.88. The number of hydrogen-bond donors (Lipinski definition) is 1. The average molecular weight is 248 g/mol. The van der Waals surface area contributed by atoms with E-state index in [0.29, 0.717) is 17.2 Å². The first-order valence-corrected chi connectivity index (χ1v) is 5.25. The van der Waals surface area contributed by atoms with Gasteiger partial charge in [-0.1, -0.05) is 12.2 Å². The van der Waals surface area contributed by atoms with Crippen LogP contribution in [0.25, 0.3) is 0 Å². The van der Waals surface area contributed by atoms with Gasteiger partial charge >= 0.3 is 0 Å². The van der Waals surface area contributed by atoms with E-state index in [1.807, 2.05) is 0 Å². The molecule has 0 radical (unpaired) electrons. The van der Waals surface area contributed by atoms with E-state index in [-0.39, 0.29) is 10.8 Å². The maximum Gasteiger partial charge on any atom is 0.131 e. The molecule has 3 nitrogen and oxygen atoms in total. The Bertz CT molecular complexity index is 542. The monoisotopic (exact) mass is 248 g/mol. The van der Waals surface area contributed by atoms with Gasteiger partial charge in [0.15, 0.2) is 0 Å². The summed E-state index contributed by atoms with van der Waals surface area (Å²) in [5.41, 5.74) is 5.95. The maximum absolute atomic E-state index is 12.7. The summed E-state index contributed by atoms with van der Waals surface area (Å²) in [6, 6.07) is 9.03. The molecule has 0 saturated heterocycles. The lowest BCUT2D eigenvalue weighted by molar-refractivity contribution is 0.479. The topological polar surface area (TPSA) is 48.1 Å². The fourth-order valence-electron chi connectivity index (χ4n) is 1.25. The number of hydrogen-bond acceptors (Lipinski definition) is 3. The molecule has 0 saturated carbocycles. The van der Waals surface area contributed by atoms with Crippen molar-refractivity contribution >= 4 is 17.2 Å². The minimum atomic E-state index is -0.309. The number of thiocarbonyl (C=S) groups is 1. The molecule has 0 atom stereocenters. The van der Waals surface area contributed by atoms with Crippen LogP contribution >= 0.6 is 12.2 Å². The van der Waals surface area contributed by atoms with Crippen LogP contribution in [-0.4, -0.2) is 9.97 Å². The molecule has 5 heteroatoms. The Hall–Kier alpha value is -2.01. The van der Waals surface area contributed by atoms with Gasteiger partial charge in [0.05, 0.1) is 0 Å². The second-order valence-electron chi connectivity index (χ2n) is 3.30. The Labute approximate surface area is 103 Å². The molecule has 0 fully saturated rings. The molecular formula is C12H9FN2OS. The number of rotatable bonds is 3. The molecule has 0 aliphatic rings. The maximum atomic E-state index is 12.7. The van der Waals surface area contributed by atoms with E-state index in [1.54, 1.807) is 18.3 Å². The summed E-state index contributed by atoms with van der Waals surface area (Å²) < 4.78 is 18.2. The largest absolute Gasteiger partial charge is 0.457 e. The van der Waals surface area contributed by atoms with Crippen LogP contribution in [0.3, 0.4) is 0 Å². The SMILES string of the molecule is NC(=S)c1cc(Oc2ccc(F)cc2)ccn1. The van der Waals surface area contributed by atoms with E-state index in [2.05, 4.69) is 4.98 Å². The van der Waals surface area contributed by atoms with Gasteiger partial charge in [0.2, 0.25) is 0 Å². The lowest BCUT2D eigenvalue weighted by Crippen LogP contribution is -2.11. The zero-order valence-corrected chi connectivity index (χ0v) is 9.58. The Balaban J connectivity index is 2.21. The van der Waals surface area contributed by atoms with Crippen LogP contribution in [0, 0.1) is 5.82 Å². The van der Waals surface area contributed by atoms with E-state index in [4.69, 9.17) is 22.7 Å². The Morgan fingerprint density at radius 2 is 1.88 bits per heavy atom. The molecule has 0 aliphatic carbocycles. The van der Waals surface area contributed by atoms with Gasteiger partial charge in [-0.3, -0.25) is 4.98 Å². The summed E-state index contributed by atoms with van der Waals surface area (Å²) in [5, 5.41) is 0. The molecule has 2 N–H and O–H groups in total. The van der Waals surface area contributed by atoms with E-state index in [1.165, 1.54) is 24.3 Å². The number of aromatic nitrogens is 1. The predicted octanol–water partition coefficient (Wildman–Crippen LogP) is 2.65. The zero-order chi connectivity index (χ0) is 12.3. The van der Waals surface area contributed by atoms with Crippen LogP contribution in [0.15, 0.2) is 42.6 Å². The zero-order valence-electron chi connectivity index (χ0n) is 8.76. The molecule has 0 spiro atoms. The lowest BCUT2D eigenvalue weighted by Gasteiger charge is -2.06. The van der Waals surface area contributed by atoms with Crippen LogP contribution in [-0.2, 0) is 0 Å². The molecular weight excluding hydrogens is 239 g/mol. The fraction of sp³-hybridized carbons (Fsp3) is 0. The third-order valence-corrected chi connectivity index (χ3v) is 2.24. The Morgan fingerprint density at radius 3 is 2.53 bits per heavy atom. The Morgan fingerprint density at radius 1 is 1.18 bits per heavy atom. The van der Waals surface area contributed by atoms with Crippen molar-refractivity contribution in [3.63, 3.8) is 0 Å². The summed E-state index contributed by atoms with van der Waals surface area (Å²) in [6.45, 7) is 0. The number of pyridine rings is 1. The standard InChI is InChI=1S/C12H9FN2OS/c13-8-1-3-9(4-2-8)16-10-5-6-15-11(7-10)12(14)17/h1-7H,(H2,14,17). The van der Waals surface area contributed by atoms with Crippen LogP contribution in [0.5, 0.6) is 11.5 Å². The average Bonchev–Trinajstić information content (AvgIpc) is 2.32. The lowest BCUT2D eigenvalue weighted by atomic mass is 10.3. The predicted molar refractivity (Wildman–Crippen MR) is 66.6 cm³/mol. The first-order chi connectivity index (χ1) is 8.15. The quantitative estimate of drug-likeness (QED) is 0.848. The van der Waals surface area contributed by atoms with Crippen molar-refractivity contribution in [2.24, 2.45) is 5.73 Å². The summed E-state index contributed by atoms with van der Waals surface area (Å²) in [7, 11) is 0. The number of nitrogens with two attached hydrogens (primary N) is 1. The molecule has 2 rings (SSSR count). The van der Waals surface area contributed by atoms with Crippen molar-refractivity contribution in [1.29, 1.82) is 0 Å². The van der Waals surface area contributed by atoms with Crippen LogP contribution in [0.1, 0.15) is 5.69 Å². The Kier molecular flexibility index (Phi) is 3.30. The van der Waals surface area contributed by atoms with Gasteiger partial charge in [-0.05, 0) is 30.3 Å². The molecule has 86 valence electrons. The molecule has 0 amide bonds. The normalized spacial score (nSPS) is 9.94. The van der Waals surface area contributed by atoms with Gasteiger partial charge in [-0.2, -0.15) is 0 Å². The van der Waals surface area contributed by atoms with Gasteiger partial charge in [0.1, 0.15) is 28.0 Å². The minimum absolute atomic E-state index is 0.203. The number of halogens is 1. The number of ether oxygens (including phenoxy) is 1. The van der Waals surface area contributed by atoms with Gasteiger partial charge in [0, 0.05) is 12.3 Å². The molecule has 0 bridgehead atoms. The molecule has 2 aromatic rings. The molecule has 1 heterocycles. The highest BCUT2D eigenvalue weighted by Crippen LogP contribution is 2.21. The van der Waals surface area contributed by atoms with E-state index >= 15 is 0 Å². The molecule has 17 heavy (non-hydrogen) atoms. The molecule has 1 aromatic carbocycles. The van der Waals surface area contributed by atoms with Crippen molar-refractivity contribution in [2.75, 3.05) is 0 Å². The van der Waals surface area contributed by atoms with Crippen molar-refractivity contribution in [1.82, 2.24) is 4.98 Å². The number of nitrogens with zero attached hydrogens (tertiary/aromatic N) is 1. The van der Waals surface area contributed by atoms with Crippen LogP contribution in [0.4, 0.5) is 4.39 Å². The van der Waals surface area contributed by atoms with E-state index in [9.17, 15) is 4.39 Å². The summed E-state index contributed by atoms with van der Waals surface area (Å²) in [6.07, 6.45) is 1.55. The molecule has 0 unspecified atom stereocenters. The fourth-order valence-corrected chi connectivity index (χ4v) is 1.36. The molecule has 1 aromatic heterocycles. The minimum Gasteiger partial charge on any atom is -0.457 e. The van der Waals surface area contributed by atoms with Crippen molar-refractivity contribution in [3.8, 4) is 11.5 Å². The highest BCUT2D eigenvalue weighted by Gasteiger charge is 2.02. The van der Waals surface area contributed by atoms with E-state index in [0.717, 1.165) is 0 Å². The summed E-state index contributed by atoms with van der Waals surface area (Å²) in [4.78, 5) is 4.19. The summed E-state index contributed by atoms with van der Waals surface area (Å²) in [5.74, 6) is 0.775. The molecule has 0 aliphatic heterocycles. The summed E-state index contributed by atoms with van der Waals surface area (Å²) >= 11 is 4.81. The van der Waals surface area contributed by atoms with Crippen molar-refractivity contribution in [2.45, 2.75) is 0 Å². The van der Waals surface area contributed by atoms with Crippen molar-refractivity contribution in [3.05, 3.63) is 54.1 Å². The van der Waals surface area contributed by atoms with Gasteiger partial charge in [0.25, 0.3) is 0 Å². The number of benzene rings is 1.